The van der Waals surface area contributed by atoms with Crippen molar-refractivity contribution in [3.05, 3.63) is 82.8 Å². The summed E-state index contributed by atoms with van der Waals surface area (Å²) in [5, 5.41) is 2.66. The van der Waals surface area contributed by atoms with E-state index in [0.29, 0.717) is 11.4 Å². The summed E-state index contributed by atoms with van der Waals surface area (Å²) in [7, 11) is -6.01. The number of nitrogens with zero attached hydrogens (tertiary/aromatic N) is 1. The summed E-state index contributed by atoms with van der Waals surface area (Å²) < 4.78 is 53.2. The van der Waals surface area contributed by atoms with E-state index in [1.54, 1.807) is 36.4 Å². The molecule has 168 valence electrons. The van der Waals surface area contributed by atoms with Crippen LogP contribution in [0.3, 0.4) is 0 Å². The molecule has 8 nitrogen and oxygen atoms in total. The highest BCUT2D eigenvalue weighted by atomic mass is 79.9. The summed E-state index contributed by atoms with van der Waals surface area (Å²) in [6.07, 6.45) is 1.04. The molecule has 1 amide bonds. The average molecular weight is 538 g/mol. The van der Waals surface area contributed by atoms with Crippen LogP contribution in [0.5, 0.6) is 0 Å². The van der Waals surface area contributed by atoms with Crippen LogP contribution >= 0.6 is 15.9 Å². The standard InChI is InChI=1S/C21H20BrN3O5S2/c1-25(31(2,27)28)20-6-4-3-5-19(20)21(26)23-16-11-13-18(14-12-16)32(29,30)24-17-9-7-15(22)8-10-17/h3-14,24H,1-2H3,(H,23,26). The molecule has 0 fully saturated rings. The molecule has 3 aromatic rings. The van der Waals surface area contributed by atoms with Gasteiger partial charge in [0.05, 0.1) is 22.4 Å². The Kier molecular flexibility index (Phi) is 6.91. The third kappa shape index (κ3) is 5.67. The van der Waals surface area contributed by atoms with Gasteiger partial charge in [0, 0.05) is 22.9 Å². The topological polar surface area (TPSA) is 113 Å². The van der Waals surface area contributed by atoms with Gasteiger partial charge in [-0.1, -0.05) is 28.1 Å². The number of amides is 1. The minimum absolute atomic E-state index is 0.0237. The van der Waals surface area contributed by atoms with Crippen LogP contribution in [-0.2, 0) is 20.0 Å². The predicted molar refractivity (Wildman–Crippen MR) is 129 cm³/mol. The van der Waals surface area contributed by atoms with Crippen LogP contribution in [0.1, 0.15) is 10.4 Å². The van der Waals surface area contributed by atoms with E-state index in [1.807, 2.05) is 0 Å². The SMILES string of the molecule is CN(c1ccccc1C(=O)Nc1ccc(S(=O)(=O)Nc2ccc(Br)cc2)cc1)S(C)(=O)=O. The molecule has 0 unspecified atom stereocenters. The first-order valence-corrected chi connectivity index (χ1v) is 13.3. The number of benzene rings is 3. The number of anilines is 3. The molecule has 0 radical (unpaired) electrons. The number of sulfonamides is 2. The molecule has 3 rings (SSSR count). The van der Waals surface area contributed by atoms with E-state index in [4.69, 9.17) is 0 Å². The van der Waals surface area contributed by atoms with Crippen molar-refractivity contribution in [3.63, 3.8) is 0 Å². The van der Waals surface area contributed by atoms with Gasteiger partial charge in [0.1, 0.15) is 0 Å². The van der Waals surface area contributed by atoms with Gasteiger partial charge in [0.25, 0.3) is 15.9 Å². The molecule has 0 atom stereocenters. The minimum atomic E-state index is -3.81. The highest BCUT2D eigenvalue weighted by Gasteiger charge is 2.20. The number of nitrogens with one attached hydrogen (secondary N) is 2. The highest BCUT2D eigenvalue weighted by molar-refractivity contribution is 9.10. The molecular weight excluding hydrogens is 518 g/mol. The van der Waals surface area contributed by atoms with Crippen LogP contribution in [0.2, 0.25) is 0 Å². The maximum atomic E-state index is 12.7. The Morgan fingerprint density at radius 3 is 2.00 bits per heavy atom. The number of hydrogen-bond acceptors (Lipinski definition) is 5. The molecule has 0 aromatic heterocycles. The van der Waals surface area contributed by atoms with Gasteiger partial charge in [-0.2, -0.15) is 0 Å². The van der Waals surface area contributed by atoms with Gasteiger partial charge in [-0.05, 0) is 60.7 Å². The third-order valence-electron chi connectivity index (χ3n) is 4.50. The minimum Gasteiger partial charge on any atom is -0.322 e. The van der Waals surface area contributed by atoms with E-state index in [0.717, 1.165) is 15.0 Å². The Balaban J connectivity index is 1.78. The fraction of sp³-hybridized carbons (Fsp3) is 0.0952. The largest absolute Gasteiger partial charge is 0.322 e. The average Bonchev–Trinajstić information content (AvgIpc) is 2.74. The quantitative estimate of drug-likeness (QED) is 0.474. The molecule has 0 aliphatic heterocycles. The normalized spacial score (nSPS) is 11.6. The van der Waals surface area contributed by atoms with E-state index in [9.17, 15) is 21.6 Å². The Morgan fingerprint density at radius 2 is 1.41 bits per heavy atom. The van der Waals surface area contributed by atoms with Gasteiger partial charge in [-0.25, -0.2) is 16.8 Å². The summed E-state index contributed by atoms with van der Waals surface area (Å²) in [5.74, 6) is -0.528. The molecule has 0 saturated heterocycles. The third-order valence-corrected chi connectivity index (χ3v) is 7.62. The zero-order chi connectivity index (χ0) is 23.5. The molecule has 0 saturated carbocycles. The van der Waals surface area contributed by atoms with Gasteiger partial charge in [-0.15, -0.1) is 0 Å². The lowest BCUT2D eigenvalue weighted by Gasteiger charge is -2.19. The summed E-state index contributed by atoms with van der Waals surface area (Å²) in [6, 6.07) is 18.6. The van der Waals surface area contributed by atoms with E-state index >= 15 is 0 Å². The number of carbonyl (C=O) groups is 1. The Morgan fingerprint density at radius 1 is 0.844 bits per heavy atom. The second-order valence-electron chi connectivity index (χ2n) is 6.84. The van der Waals surface area contributed by atoms with Crippen molar-refractivity contribution in [3.8, 4) is 0 Å². The molecule has 0 bridgehead atoms. The molecule has 0 spiro atoms. The lowest BCUT2D eigenvalue weighted by Crippen LogP contribution is -2.27. The van der Waals surface area contributed by atoms with Gasteiger partial charge >= 0.3 is 0 Å². The van der Waals surface area contributed by atoms with Crippen LogP contribution < -0.4 is 14.3 Å². The van der Waals surface area contributed by atoms with Gasteiger partial charge < -0.3 is 5.32 Å². The fourth-order valence-electron chi connectivity index (χ4n) is 2.77. The summed E-state index contributed by atoms with van der Waals surface area (Å²) >= 11 is 3.29. The van der Waals surface area contributed by atoms with Gasteiger partial charge in [0.15, 0.2) is 0 Å². The number of hydrogen-bond donors (Lipinski definition) is 2. The van der Waals surface area contributed by atoms with Crippen molar-refractivity contribution < 1.29 is 21.6 Å². The lowest BCUT2D eigenvalue weighted by molar-refractivity contribution is 0.102. The second kappa shape index (κ2) is 9.31. The van der Waals surface area contributed by atoms with Crippen LogP contribution in [0, 0.1) is 0 Å². The number of halogens is 1. The molecule has 0 aliphatic carbocycles. The zero-order valence-corrected chi connectivity index (χ0v) is 20.3. The van der Waals surface area contributed by atoms with Gasteiger partial charge in [0.2, 0.25) is 10.0 Å². The van der Waals surface area contributed by atoms with Crippen molar-refractivity contribution in [1.29, 1.82) is 0 Å². The lowest BCUT2D eigenvalue weighted by atomic mass is 10.1. The van der Waals surface area contributed by atoms with Crippen LogP contribution in [-0.4, -0.2) is 36.0 Å². The smallest absolute Gasteiger partial charge is 0.261 e. The summed E-state index contributed by atoms with van der Waals surface area (Å²) in [4.78, 5) is 12.8. The van der Waals surface area contributed by atoms with Crippen molar-refractivity contribution >= 4 is 58.9 Å². The molecule has 11 heteroatoms. The van der Waals surface area contributed by atoms with Crippen LogP contribution in [0.4, 0.5) is 17.1 Å². The summed E-state index contributed by atoms with van der Waals surface area (Å²) in [6.45, 7) is 0. The Labute approximate surface area is 195 Å². The Hall–Kier alpha value is -2.89. The highest BCUT2D eigenvalue weighted by Crippen LogP contribution is 2.24. The molecule has 3 aromatic carbocycles. The molecule has 0 aliphatic rings. The van der Waals surface area contributed by atoms with Crippen molar-refractivity contribution in [2.24, 2.45) is 0 Å². The number of para-hydroxylation sites is 1. The molecule has 2 N–H and O–H groups in total. The van der Waals surface area contributed by atoms with Crippen molar-refractivity contribution in [2.45, 2.75) is 4.90 Å². The summed E-state index contributed by atoms with van der Waals surface area (Å²) in [5.41, 5.74) is 1.16. The number of rotatable bonds is 7. The maximum Gasteiger partial charge on any atom is 0.261 e. The van der Waals surface area contributed by atoms with Crippen LogP contribution in [0.25, 0.3) is 0 Å². The van der Waals surface area contributed by atoms with E-state index < -0.39 is 26.0 Å². The first-order valence-electron chi connectivity index (χ1n) is 9.20. The van der Waals surface area contributed by atoms with Crippen LogP contribution in [0.15, 0.2) is 82.2 Å². The van der Waals surface area contributed by atoms with Gasteiger partial charge in [-0.3, -0.25) is 13.8 Å². The fourth-order valence-corrected chi connectivity index (χ4v) is 4.61. The van der Waals surface area contributed by atoms with Crippen molar-refractivity contribution in [2.75, 3.05) is 27.6 Å². The molecule has 0 heterocycles. The first-order chi connectivity index (χ1) is 15.0. The second-order valence-corrected chi connectivity index (χ2v) is 11.5. The zero-order valence-electron chi connectivity index (χ0n) is 17.1. The Bertz CT molecular complexity index is 1340. The molecular formula is C21H20BrN3O5S2. The molecule has 32 heavy (non-hydrogen) atoms. The van der Waals surface area contributed by atoms with E-state index in [1.165, 1.54) is 43.4 Å². The first kappa shape index (κ1) is 23.8. The number of carbonyl (C=O) groups excluding carboxylic acids is 1. The van der Waals surface area contributed by atoms with E-state index in [-0.39, 0.29) is 16.1 Å². The maximum absolute atomic E-state index is 12.7. The monoisotopic (exact) mass is 537 g/mol. The van der Waals surface area contributed by atoms with Crippen molar-refractivity contribution in [1.82, 2.24) is 0 Å². The van der Waals surface area contributed by atoms with E-state index in [2.05, 4.69) is 26.0 Å². The predicted octanol–water partition coefficient (Wildman–Crippen LogP) is 3.90.